The van der Waals surface area contributed by atoms with Crippen molar-refractivity contribution in [2.24, 2.45) is 0 Å². The van der Waals surface area contributed by atoms with Crippen LogP contribution in [0.1, 0.15) is 13.8 Å². The largest absolute Gasteiger partial charge is 0.465 e. The summed E-state index contributed by atoms with van der Waals surface area (Å²) in [5, 5.41) is 0. The molecule has 1 rings (SSSR count). The predicted octanol–water partition coefficient (Wildman–Crippen LogP) is 2.58. The molecule has 1 fully saturated rings. The minimum Gasteiger partial charge on any atom is -0.465 e. The lowest BCUT2D eigenvalue weighted by Gasteiger charge is -2.34. The lowest BCUT2D eigenvalue weighted by Crippen LogP contribution is -2.45. The number of morpholine rings is 1. The van der Waals surface area contributed by atoms with Crippen molar-refractivity contribution >= 4 is 55.1 Å². The van der Waals surface area contributed by atoms with Gasteiger partial charge in [-0.25, -0.2) is 0 Å². The van der Waals surface area contributed by atoms with E-state index in [1.165, 1.54) is 21.6 Å². The summed E-state index contributed by atoms with van der Waals surface area (Å²) in [6.45, 7) is 7.86. The fourth-order valence-electron chi connectivity index (χ4n) is 2.04. The van der Waals surface area contributed by atoms with Crippen LogP contribution >= 0.6 is 43.2 Å². The second kappa shape index (κ2) is 15.3. The van der Waals surface area contributed by atoms with Crippen molar-refractivity contribution in [2.75, 3.05) is 62.5 Å². The summed E-state index contributed by atoms with van der Waals surface area (Å²) < 4.78 is 15.3. The number of hydrogen-bond acceptors (Lipinski definition) is 10. The van der Waals surface area contributed by atoms with Crippen molar-refractivity contribution in [1.29, 1.82) is 0 Å². The van der Waals surface area contributed by atoms with Gasteiger partial charge in [0.05, 0.1) is 26.4 Å². The van der Waals surface area contributed by atoms with Gasteiger partial charge in [-0.15, -0.1) is 0 Å². The third-order valence-corrected chi connectivity index (χ3v) is 7.82. The van der Waals surface area contributed by atoms with Gasteiger partial charge in [0.25, 0.3) is 0 Å². The van der Waals surface area contributed by atoms with Crippen LogP contribution in [0.5, 0.6) is 0 Å². The average molecular weight is 430 g/mol. The summed E-state index contributed by atoms with van der Waals surface area (Å²) in [6, 6.07) is 0.392. The average Bonchev–Trinajstić information content (AvgIpc) is 2.61. The lowest BCUT2D eigenvalue weighted by molar-refractivity contribution is -0.140. The molecule has 1 saturated heterocycles. The third kappa shape index (κ3) is 11.6. The molecular weight excluding hydrogens is 402 g/mol. The Labute approximate surface area is 166 Å². The highest BCUT2D eigenvalue weighted by Crippen LogP contribution is 2.29. The highest BCUT2D eigenvalue weighted by molar-refractivity contribution is 8.77. The standard InChI is InChI=1S/C15H27NO5S4/c1-3-20-14(17)11-24-22-9-13(16-5-7-19-8-6-16)10-23-25-12-15(18)21-4-2/h13H,3-12H2,1-2H3. The molecule has 0 unspecified atom stereocenters. The van der Waals surface area contributed by atoms with Crippen LogP contribution < -0.4 is 0 Å². The molecule has 0 radical (unpaired) electrons. The summed E-state index contributed by atoms with van der Waals surface area (Å²) in [7, 11) is 6.48. The zero-order chi connectivity index (χ0) is 18.3. The summed E-state index contributed by atoms with van der Waals surface area (Å²) in [4.78, 5) is 25.2. The Morgan fingerprint density at radius 2 is 1.40 bits per heavy atom. The zero-order valence-corrected chi connectivity index (χ0v) is 18.0. The van der Waals surface area contributed by atoms with Crippen molar-refractivity contribution in [3.63, 3.8) is 0 Å². The molecule has 1 heterocycles. The second-order valence-corrected chi connectivity index (χ2v) is 10.0. The monoisotopic (exact) mass is 429 g/mol. The van der Waals surface area contributed by atoms with Gasteiger partial charge in [0, 0.05) is 30.6 Å². The maximum atomic E-state index is 11.4. The molecule has 0 aromatic heterocycles. The minimum absolute atomic E-state index is 0.165. The van der Waals surface area contributed by atoms with E-state index in [4.69, 9.17) is 14.2 Å². The number of ether oxygens (including phenoxy) is 3. The van der Waals surface area contributed by atoms with Gasteiger partial charge in [-0.3, -0.25) is 14.5 Å². The zero-order valence-electron chi connectivity index (χ0n) is 14.8. The van der Waals surface area contributed by atoms with E-state index in [2.05, 4.69) is 4.90 Å². The molecule has 0 aliphatic carbocycles. The van der Waals surface area contributed by atoms with Gasteiger partial charge >= 0.3 is 11.9 Å². The normalized spacial score (nSPS) is 15.3. The van der Waals surface area contributed by atoms with E-state index in [9.17, 15) is 9.59 Å². The van der Waals surface area contributed by atoms with Crippen molar-refractivity contribution in [3.8, 4) is 0 Å². The molecule has 0 atom stereocenters. The van der Waals surface area contributed by atoms with Crippen LogP contribution in [0.3, 0.4) is 0 Å². The Balaban J connectivity index is 2.28. The number of hydrogen-bond donors (Lipinski definition) is 0. The number of carbonyl (C=O) groups excluding carboxylic acids is 2. The van der Waals surface area contributed by atoms with E-state index in [1.807, 2.05) is 13.8 Å². The molecule has 1 aliphatic heterocycles. The number of carbonyl (C=O) groups is 2. The second-order valence-electron chi connectivity index (χ2n) is 5.01. The molecule has 10 heteroatoms. The third-order valence-electron chi connectivity index (χ3n) is 3.21. The molecule has 0 aromatic rings. The topological polar surface area (TPSA) is 65.1 Å². The number of esters is 2. The molecule has 146 valence electrons. The molecule has 0 amide bonds. The first-order valence-corrected chi connectivity index (χ1v) is 13.3. The molecular formula is C15H27NO5S4. The molecule has 0 spiro atoms. The van der Waals surface area contributed by atoms with Crippen LogP contribution in [0.25, 0.3) is 0 Å². The Bertz CT molecular complexity index is 357. The smallest absolute Gasteiger partial charge is 0.316 e. The van der Waals surface area contributed by atoms with Crippen molar-refractivity contribution < 1.29 is 23.8 Å². The van der Waals surface area contributed by atoms with Crippen molar-refractivity contribution in [1.82, 2.24) is 4.90 Å². The maximum Gasteiger partial charge on any atom is 0.316 e. The Morgan fingerprint density at radius 3 is 1.84 bits per heavy atom. The van der Waals surface area contributed by atoms with Crippen molar-refractivity contribution in [2.45, 2.75) is 19.9 Å². The van der Waals surface area contributed by atoms with Crippen LogP contribution in [-0.4, -0.2) is 85.4 Å². The van der Waals surface area contributed by atoms with Gasteiger partial charge in [0.1, 0.15) is 11.5 Å². The van der Waals surface area contributed by atoms with E-state index in [1.54, 1.807) is 21.6 Å². The SMILES string of the molecule is CCOC(=O)CSSCC(CSSCC(=O)OCC)N1CCOCC1. The van der Waals surface area contributed by atoms with Gasteiger partial charge in [0.15, 0.2) is 0 Å². The van der Waals surface area contributed by atoms with E-state index < -0.39 is 0 Å². The van der Waals surface area contributed by atoms with Crippen molar-refractivity contribution in [3.05, 3.63) is 0 Å². The van der Waals surface area contributed by atoms with Crippen LogP contribution in [0, 0.1) is 0 Å². The first-order chi connectivity index (χ1) is 12.2. The molecule has 0 saturated carbocycles. The lowest BCUT2D eigenvalue weighted by atomic mass is 10.3. The molecule has 0 N–H and O–H groups in total. The minimum atomic E-state index is -0.165. The highest BCUT2D eigenvalue weighted by atomic mass is 33.1. The first-order valence-electron chi connectivity index (χ1n) is 8.29. The van der Waals surface area contributed by atoms with E-state index in [0.29, 0.717) is 30.8 Å². The van der Waals surface area contributed by atoms with E-state index >= 15 is 0 Å². The Hall–Kier alpha value is 0.260. The van der Waals surface area contributed by atoms with Crippen LogP contribution in [0.4, 0.5) is 0 Å². The Kier molecular flexibility index (Phi) is 14.3. The molecule has 0 aromatic carbocycles. The molecule has 1 aliphatic rings. The van der Waals surface area contributed by atoms with Crippen LogP contribution in [0.15, 0.2) is 0 Å². The van der Waals surface area contributed by atoms with Gasteiger partial charge in [-0.2, -0.15) is 0 Å². The van der Waals surface area contributed by atoms with Gasteiger partial charge in [0.2, 0.25) is 0 Å². The Morgan fingerprint density at radius 1 is 0.920 bits per heavy atom. The quantitative estimate of drug-likeness (QED) is 0.248. The van der Waals surface area contributed by atoms with Crippen LogP contribution in [0.2, 0.25) is 0 Å². The highest BCUT2D eigenvalue weighted by Gasteiger charge is 2.21. The van der Waals surface area contributed by atoms with E-state index in [0.717, 1.165) is 37.8 Å². The van der Waals surface area contributed by atoms with Gasteiger partial charge in [-0.05, 0) is 13.8 Å². The fraction of sp³-hybridized carbons (Fsp3) is 0.867. The maximum absolute atomic E-state index is 11.4. The van der Waals surface area contributed by atoms with E-state index in [-0.39, 0.29) is 11.9 Å². The predicted molar refractivity (Wildman–Crippen MR) is 109 cm³/mol. The summed E-state index contributed by atoms with van der Waals surface area (Å²) in [5.74, 6) is 2.27. The first kappa shape index (κ1) is 23.3. The van der Waals surface area contributed by atoms with Crippen LogP contribution in [-0.2, 0) is 23.8 Å². The number of rotatable bonds is 13. The molecule has 0 bridgehead atoms. The fourth-order valence-corrected chi connectivity index (χ4v) is 6.48. The number of nitrogens with zero attached hydrogens (tertiary/aromatic N) is 1. The van der Waals surface area contributed by atoms with Gasteiger partial charge in [-0.1, -0.05) is 43.2 Å². The summed E-state index contributed by atoms with van der Waals surface area (Å²) in [5.41, 5.74) is 0. The molecule has 25 heavy (non-hydrogen) atoms. The summed E-state index contributed by atoms with van der Waals surface area (Å²) >= 11 is 0. The van der Waals surface area contributed by atoms with Gasteiger partial charge < -0.3 is 14.2 Å². The summed E-state index contributed by atoms with van der Waals surface area (Å²) in [6.07, 6.45) is 0. The molecule has 6 nitrogen and oxygen atoms in total.